The van der Waals surface area contributed by atoms with Gasteiger partial charge in [-0.1, -0.05) is 26.2 Å². The van der Waals surface area contributed by atoms with E-state index in [1.165, 1.54) is 19.3 Å². The molecule has 3 heterocycles. The van der Waals surface area contributed by atoms with Crippen LogP contribution in [0.3, 0.4) is 0 Å². The molecule has 0 bridgehead atoms. The van der Waals surface area contributed by atoms with Crippen LogP contribution in [0.2, 0.25) is 0 Å². The molecule has 1 aromatic rings. The Labute approximate surface area is 190 Å². The van der Waals surface area contributed by atoms with Crippen LogP contribution in [0.1, 0.15) is 80.6 Å². The van der Waals surface area contributed by atoms with Crippen molar-refractivity contribution in [3.63, 3.8) is 0 Å². The first-order chi connectivity index (χ1) is 15.0. The smallest absolute Gasteiger partial charge is 0.254 e. The standard InChI is InChI=1S/C24H37N3O3S/c1-3-12-31-23-20(22(28)25-19-9-5-4-6-10-19)13-17(2)21(26-23)27-11-7-8-18(15-27)14-24(29)16-30-24/h13,18-19,29H,3-12,14-16H2,1-2H3,(H,25,28)/t18-,24?/m0/s1. The number of amides is 1. The molecule has 2 N–H and O–H groups in total. The summed E-state index contributed by atoms with van der Waals surface area (Å²) < 4.78 is 5.20. The second kappa shape index (κ2) is 10.1. The number of carbonyl (C=O) groups is 1. The summed E-state index contributed by atoms with van der Waals surface area (Å²) in [6, 6.07) is 2.34. The van der Waals surface area contributed by atoms with Crippen LogP contribution in [0.5, 0.6) is 0 Å². The number of aromatic nitrogens is 1. The number of aryl methyl sites for hydroxylation is 1. The van der Waals surface area contributed by atoms with Crippen LogP contribution < -0.4 is 10.2 Å². The zero-order valence-corrected chi connectivity index (χ0v) is 19.8. The minimum absolute atomic E-state index is 0.0253. The predicted molar refractivity (Wildman–Crippen MR) is 125 cm³/mol. The number of hydrogen-bond acceptors (Lipinski definition) is 6. The summed E-state index contributed by atoms with van der Waals surface area (Å²) in [7, 11) is 0. The average Bonchev–Trinajstić information content (AvgIpc) is 3.49. The fraction of sp³-hybridized carbons (Fsp3) is 0.750. The summed E-state index contributed by atoms with van der Waals surface area (Å²) in [5, 5.41) is 14.3. The third kappa shape index (κ3) is 5.93. The van der Waals surface area contributed by atoms with Crippen molar-refractivity contribution in [1.82, 2.24) is 10.3 Å². The van der Waals surface area contributed by atoms with E-state index in [0.29, 0.717) is 25.0 Å². The monoisotopic (exact) mass is 447 g/mol. The van der Waals surface area contributed by atoms with Gasteiger partial charge in [0.1, 0.15) is 17.5 Å². The molecular weight excluding hydrogens is 410 g/mol. The van der Waals surface area contributed by atoms with Crippen molar-refractivity contribution in [2.24, 2.45) is 5.92 Å². The maximum atomic E-state index is 13.1. The lowest BCUT2D eigenvalue weighted by atomic mass is 9.92. The number of ether oxygens (including phenoxy) is 1. The van der Waals surface area contributed by atoms with Gasteiger partial charge in [0, 0.05) is 25.6 Å². The van der Waals surface area contributed by atoms with Crippen molar-refractivity contribution in [3.05, 3.63) is 17.2 Å². The predicted octanol–water partition coefficient (Wildman–Crippen LogP) is 4.28. The molecule has 1 saturated carbocycles. The fourth-order valence-electron chi connectivity index (χ4n) is 4.97. The molecule has 6 nitrogen and oxygen atoms in total. The Morgan fingerprint density at radius 2 is 2.10 bits per heavy atom. The molecule has 1 aromatic heterocycles. The number of hydrogen-bond donors (Lipinski definition) is 2. The molecule has 4 rings (SSSR count). The topological polar surface area (TPSA) is 78.0 Å². The highest BCUT2D eigenvalue weighted by Crippen LogP contribution is 2.36. The van der Waals surface area contributed by atoms with Crippen molar-refractivity contribution >= 4 is 23.5 Å². The van der Waals surface area contributed by atoms with Gasteiger partial charge in [-0.3, -0.25) is 4.79 Å². The molecule has 1 unspecified atom stereocenters. The normalized spacial score (nSPS) is 26.7. The Morgan fingerprint density at radius 1 is 1.32 bits per heavy atom. The summed E-state index contributed by atoms with van der Waals surface area (Å²) in [6.07, 6.45) is 9.79. The lowest BCUT2D eigenvalue weighted by molar-refractivity contribution is 0.0123. The average molecular weight is 448 g/mol. The van der Waals surface area contributed by atoms with Crippen molar-refractivity contribution in [1.29, 1.82) is 0 Å². The van der Waals surface area contributed by atoms with Crippen molar-refractivity contribution in [3.8, 4) is 0 Å². The number of carbonyl (C=O) groups excluding carboxylic acids is 1. The van der Waals surface area contributed by atoms with E-state index < -0.39 is 5.79 Å². The number of epoxide rings is 1. The van der Waals surface area contributed by atoms with Gasteiger partial charge in [0.25, 0.3) is 5.91 Å². The van der Waals surface area contributed by atoms with Gasteiger partial charge in [0.2, 0.25) is 0 Å². The van der Waals surface area contributed by atoms with Gasteiger partial charge < -0.3 is 20.1 Å². The first kappa shape index (κ1) is 22.9. The highest BCUT2D eigenvalue weighted by molar-refractivity contribution is 7.99. The molecule has 0 spiro atoms. The highest BCUT2D eigenvalue weighted by Gasteiger charge is 2.45. The molecule has 172 valence electrons. The van der Waals surface area contributed by atoms with Gasteiger partial charge in [0.15, 0.2) is 5.79 Å². The summed E-state index contributed by atoms with van der Waals surface area (Å²) in [5.41, 5.74) is 1.77. The molecule has 0 radical (unpaired) electrons. The Hall–Kier alpha value is -1.31. The SMILES string of the molecule is CCCSc1nc(N2CCC[C@@H](CC3(O)CO3)C2)c(C)cc1C(=O)NC1CCCCC1. The van der Waals surface area contributed by atoms with E-state index in [0.717, 1.165) is 72.9 Å². The molecule has 1 aliphatic carbocycles. The van der Waals surface area contributed by atoms with Crippen LogP contribution in [0.15, 0.2) is 11.1 Å². The van der Waals surface area contributed by atoms with E-state index in [-0.39, 0.29) is 5.91 Å². The number of rotatable bonds is 8. The summed E-state index contributed by atoms with van der Waals surface area (Å²) in [6.45, 7) is 6.53. The van der Waals surface area contributed by atoms with Gasteiger partial charge in [-0.2, -0.15) is 0 Å². The second-order valence-corrected chi connectivity index (χ2v) is 10.6. The number of nitrogens with zero attached hydrogens (tertiary/aromatic N) is 2. The third-order valence-corrected chi connectivity index (χ3v) is 7.88. The van der Waals surface area contributed by atoms with Crippen LogP contribution >= 0.6 is 11.8 Å². The van der Waals surface area contributed by atoms with E-state index in [4.69, 9.17) is 9.72 Å². The van der Waals surface area contributed by atoms with Crippen LogP contribution in [0.25, 0.3) is 0 Å². The molecule has 7 heteroatoms. The maximum absolute atomic E-state index is 13.1. The minimum Gasteiger partial charge on any atom is -0.364 e. The van der Waals surface area contributed by atoms with E-state index in [9.17, 15) is 9.90 Å². The number of anilines is 1. The van der Waals surface area contributed by atoms with Crippen LogP contribution in [0, 0.1) is 12.8 Å². The van der Waals surface area contributed by atoms with E-state index in [1.54, 1.807) is 11.8 Å². The maximum Gasteiger partial charge on any atom is 0.254 e. The zero-order valence-electron chi connectivity index (χ0n) is 19.0. The molecule has 31 heavy (non-hydrogen) atoms. The molecule has 2 aliphatic heterocycles. The van der Waals surface area contributed by atoms with Crippen molar-refractivity contribution in [2.75, 3.05) is 30.3 Å². The number of piperidine rings is 1. The highest BCUT2D eigenvalue weighted by atomic mass is 32.2. The molecule has 2 saturated heterocycles. The Bertz CT molecular complexity index is 778. The lowest BCUT2D eigenvalue weighted by Crippen LogP contribution is -2.39. The van der Waals surface area contributed by atoms with Crippen LogP contribution in [-0.2, 0) is 4.74 Å². The van der Waals surface area contributed by atoms with Crippen LogP contribution in [0.4, 0.5) is 5.82 Å². The summed E-state index contributed by atoms with van der Waals surface area (Å²) in [4.78, 5) is 20.5. The zero-order chi connectivity index (χ0) is 21.8. The van der Waals surface area contributed by atoms with Gasteiger partial charge in [-0.05, 0) is 62.3 Å². The molecule has 2 atom stereocenters. The first-order valence-electron chi connectivity index (χ1n) is 12.0. The Kier molecular flexibility index (Phi) is 7.44. The van der Waals surface area contributed by atoms with Gasteiger partial charge in [-0.15, -0.1) is 11.8 Å². The second-order valence-electron chi connectivity index (χ2n) is 9.53. The molecule has 3 aliphatic rings. The number of nitrogens with one attached hydrogen (secondary N) is 1. The fourth-order valence-corrected chi connectivity index (χ4v) is 5.82. The Balaban J connectivity index is 1.52. The largest absolute Gasteiger partial charge is 0.364 e. The quantitative estimate of drug-likeness (QED) is 0.457. The minimum atomic E-state index is -0.890. The van der Waals surface area contributed by atoms with Gasteiger partial charge >= 0.3 is 0 Å². The van der Waals surface area contributed by atoms with Gasteiger partial charge in [0.05, 0.1) is 5.56 Å². The molecule has 1 amide bonds. The molecule has 0 aromatic carbocycles. The Morgan fingerprint density at radius 3 is 2.81 bits per heavy atom. The van der Waals surface area contributed by atoms with E-state index >= 15 is 0 Å². The van der Waals surface area contributed by atoms with Crippen molar-refractivity contribution < 1.29 is 14.6 Å². The van der Waals surface area contributed by atoms with Gasteiger partial charge in [-0.25, -0.2) is 4.98 Å². The number of aliphatic hydroxyl groups is 1. The molecule has 3 fully saturated rings. The summed E-state index contributed by atoms with van der Waals surface area (Å²) in [5.74, 6) is 1.48. The number of thioether (sulfide) groups is 1. The van der Waals surface area contributed by atoms with E-state index in [2.05, 4.69) is 24.1 Å². The number of pyridine rings is 1. The lowest BCUT2D eigenvalue weighted by Gasteiger charge is -2.35. The first-order valence-corrected chi connectivity index (χ1v) is 13.0. The van der Waals surface area contributed by atoms with E-state index in [1.807, 2.05) is 6.07 Å². The third-order valence-electron chi connectivity index (χ3n) is 6.68. The van der Waals surface area contributed by atoms with Crippen molar-refractivity contribution in [2.45, 2.75) is 88.5 Å². The van der Waals surface area contributed by atoms with Crippen LogP contribution in [-0.4, -0.2) is 53.3 Å². The summed E-state index contributed by atoms with van der Waals surface area (Å²) >= 11 is 1.69. The molecular formula is C24H37N3O3S.